The van der Waals surface area contributed by atoms with Crippen LogP contribution in [0.2, 0.25) is 0 Å². The molecule has 0 saturated heterocycles. The minimum Gasteiger partial charge on any atom is -0.850 e. The summed E-state index contributed by atoms with van der Waals surface area (Å²) in [6, 6.07) is 24.4. The number of halogens is 1. The van der Waals surface area contributed by atoms with Crippen LogP contribution in [0.4, 0.5) is 32.8 Å². The molecule has 0 aliphatic carbocycles. The Hall–Kier alpha value is -4.25. The Morgan fingerprint density at radius 2 is 1.11 bits per heavy atom. The van der Waals surface area contributed by atoms with Crippen molar-refractivity contribution < 1.29 is 89.8 Å². The molecule has 4 aromatic rings. The van der Waals surface area contributed by atoms with Crippen molar-refractivity contribution in [3.8, 4) is 0 Å². The van der Waals surface area contributed by atoms with Gasteiger partial charge < -0.3 is 25.6 Å². The minimum absolute atomic E-state index is 0. The topological polar surface area (TPSA) is 200 Å². The number of carbonyl (C=O) groups excluding carboxylic acids is 2. The van der Waals surface area contributed by atoms with E-state index in [9.17, 15) is 39.3 Å². The number of rotatable bonds is 6. The number of benzene rings is 4. The van der Waals surface area contributed by atoms with E-state index in [2.05, 4.69) is 14.8 Å². The van der Waals surface area contributed by atoms with E-state index >= 15 is 0 Å². The summed E-state index contributed by atoms with van der Waals surface area (Å²) in [6.07, 6.45) is 0. The summed E-state index contributed by atoms with van der Waals surface area (Å²) in [4.78, 5) is 41.8. The van der Waals surface area contributed by atoms with Gasteiger partial charge in [0.15, 0.2) is 0 Å². The number of nitro groups is 2. The van der Waals surface area contributed by atoms with E-state index in [-0.39, 0.29) is 63.0 Å². The fraction of sp³-hybridized carbons (Fsp3) is 0.188. The van der Waals surface area contributed by atoms with Gasteiger partial charge in [-0.15, -0.1) is 5.60 Å². The Bertz CT molecular complexity index is 1590. The molecule has 0 amide bonds. The number of carbonyl (C=O) groups is 2. The second kappa shape index (κ2) is 21.5. The zero-order valence-electron chi connectivity index (χ0n) is 26.8. The first kappa shape index (κ1) is 42.7. The van der Waals surface area contributed by atoms with Gasteiger partial charge in [-0.25, -0.2) is 9.59 Å². The average Bonchev–Trinajstić information content (AvgIpc) is 3.01. The number of nitro benzene ring substituents is 2. The summed E-state index contributed by atoms with van der Waals surface area (Å²) in [7, 11) is 2.65. The number of esters is 2. The van der Waals surface area contributed by atoms with Crippen LogP contribution in [0.1, 0.15) is 41.5 Å². The summed E-state index contributed by atoms with van der Waals surface area (Å²) >= 11 is 0. The molecule has 0 aromatic heterocycles. The predicted molar refractivity (Wildman–Crippen MR) is 169 cm³/mol. The van der Waals surface area contributed by atoms with E-state index < -0.39 is 32.9 Å². The van der Waals surface area contributed by atoms with Crippen molar-refractivity contribution in [1.82, 2.24) is 0 Å². The van der Waals surface area contributed by atoms with Gasteiger partial charge in [0.25, 0.3) is 5.69 Å². The molecule has 3 N–H and O–H groups in total. The molecule has 4 rings (SSSR count). The number of hydrogen-bond donors (Lipinski definition) is 2. The fourth-order valence-corrected chi connectivity index (χ4v) is 3.04. The van der Waals surface area contributed by atoms with Crippen LogP contribution in [0.25, 0.3) is 0 Å². The molecule has 0 unspecified atom stereocenters. The van der Waals surface area contributed by atoms with Crippen LogP contribution in [-0.2, 0) is 9.47 Å². The monoisotopic (exact) mass is 676 g/mol. The van der Waals surface area contributed by atoms with Crippen molar-refractivity contribution in [2.24, 2.45) is 0 Å². The molecule has 0 aliphatic heterocycles. The number of hydrogen-bond acceptors (Lipinski definition) is 11. The molecule has 4 aromatic carbocycles. The molecule has 47 heavy (non-hydrogen) atoms. The third kappa shape index (κ3) is 17.3. The molecule has 13 nitrogen and oxygen atoms in total. The molecule has 0 aliphatic rings. The molecule has 0 radical (unpaired) electrons. The van der Waals surface area contributed by atoms with Crippen LogP contribution >= 0.6 is 0 Å². The Labute approximate surface area is 313 Å². The molecule has 15 heteroatoms. The van der Waals surface area contributed by atoms with Crippen LogP contribution in [0, 0.1) is 26.0 Å². The summed E-state index contributed by atoms with van der Waals surface area (Å²) in [5, 5.41) is 33.9. The smallest absolute Gasteiger partial charge is 0.850 e. The van der Waals surface area contributed by atoms with Gasteiger partial charge in [-0.05, 0) is 60.7 Å². The van der Waals surface area contributed by atoms with E-state index in [1.54, 1.807) is 87.5 Å². The Morgan fingerprint density at radius 1 is 0.723 bits per heavy atom. The van der Waals surface area contributed by atoms with E-state index in [0.717, 1.165) is 12.1 Å². The van der Waals surface area contributed by atoms with Crippen molar-refractivity contribution in [2.45, 2.75) is 26.4 Å². The Balaban J connectivity index is 0.000000666. The molecule has 0 saturated carbocycles. The van der Waals surface area contributed by atoms with Gasteiger partial charge in [0, 0.05) is 23.5 Å². The normalized spacial score (nSPS) is 9.60. The third-order valence-corrected chi connectivity index (χ3v) is 5.07. The molecular weight excluding hydrogens is 642 g/mol. The van der Waals surface area contributed by atoms with Crippen molar-refractivity contribution in [2.75, 3.05) is 25.3 Å². The van der Waals surface area contributed by atoms with Gasteiger partial charge in [-0.1, -0.05) is 45.0 Å². The second-order valence-corrected chi connectivity index (χ2v) is 9.90. The Morgan fingerprint density at radius 3 is 1.49 bits per heavy atom. The van der Waals surface area contributed by atoms with Crippen molar-refractivity contribution in [3.05, 3.63) is 134 Å². The third-order valence-electron chi connectivity index (χ3n) is 5.07. The largest absolute Gasteiger partial charge is 1.00 e. The zero-order valence-corrected chi connectivity index (χ0v) is 29.9. The van der Waals surface area contributed by atoms with Gasteiger partial charge in [0.1, 0.15) is 5.69 Å². The number of ether oxygens (including phenoxy) is 2. The quantitative estimate of drug-likeness (QED) is 0.1000. The summed E-state index contributed by atoms with van der Waals surface area (Å²) in [6.45, 7) is 4.90. The molecule has 244 valence electrons. The minimum atomic E-state index is -0.799. The Kier molecular flexibility index (Phi) is 19.6. The van der Waals surface area contributed by atoms with Gasteiger partial charge in [0.2, 0.25) is 5.82 Å². The molecular formula is C32H34FKN4O9. The molecule has 0 heterocycles. The van der Waals surface area contributed by atoms with Crippen LogP contribution in [0.5, 0.6) is 0 Å². The van der Waals surface area contributed by atoms with Crippen LogP contribution in [0.3, 0.4) is 0 Å². The number of nitrogen functional groups attached to an aromatic ring is 1. The van der Waals surface area contributed by atoms with Gasteiger partial charge in [0.05, 0.1) is 35.2 Å². The maximum Gasteiger partial charge on any atom is 1.00 e. The number of nitrogens with zero attached hydrogens (tertiary/aromatic N) is 2. The summed E-state index contributed by atoms with van der Waals surface area (Å²) in [5.74, 6) is -1.57. The van der Waals surface area contributed by atoms with Gasteiger partial charge in [-0.3, -0.25) is 20.2 Å². The zero-order chi connectivity index (χ0) is 34.9. The number of para-hydroxylation sites is 3. The summed E-state index contributed by atoms with van der Waals surface area (Å²) in [5.41, 5.74) is 6.78. The second-order valence-electron chi connectivity index (χ2n) is 9.90. The maximum absolute atomic E-state index is 12.4. The van der Waals surface area contributed by atoms with Gasteiger partial charge in [-0.2, -0.15) is 4.39 Å². The maximum atomic E-state index is 12.4. The van der Waals surface area contributed by atoms with Crippen LogP contribution < -0.4 is 67.5 Å². The van der Waals surface area contributed by atoms with Crippen molar-refractivity contribution in [3.63, 3.8) is 0 Å². The van der Waals surface area contributed by atoms with E-state index in [1.807, 2.05) is 0 Å². The first-order chi connectivity index (χ1) is 21.6. The van der Waals surface area contributed by atoms with Crippen LogP contribution in [0.15, 0.2) is 97.1 Å². The first-order valence-electron chi connectivity index (χ1n) is 13.3. The molecule has 0 bridgehead atoms. The number of nitrogens with one attached hydrogen (secondary N) is 1. The molecule has 0 fully saturated rings. The summed E-state index contributed by atoms with van der Waals surface area (Å²) < 4.78 is 21.5. The fourth-order valence-electron chi connectivity index (χ4n) is 3.04. The van der Waals surface area contributed by atoms with E-state index in [0.29, 0.717) is 28.2 Å². The average molecular weight is 677 g/mol. The van der Waals surface area contributed by atoms with Crippen LogP contribution in [-0.4, -0.2) is 41.6 Å². The van der Waals surface area contributed by atoms with Crippen molar-refractivity contribution in [1.29, 1.82) is 0 Å². The predicted octanol–water partition coefficient (Wildman–Crippen LogP) is 3.06. The number of nitrogens with two attached hydrogens (primary N) is 1. The SMILES string of the molecule is CC(C)(C)[O-].COC(=O)c1ccc(N)cc1.COC(=O)c1ccc(Nc2ccccc2[N+](=O)[O-])cc1.O=[N+]([O-])c1ccccc1F.[K+]. The number of anilines is 3. The molecule has 0 atom stereocenters. The van der Waals surface area contributed by atoms with E-state index in [4.69, 9.17) is 5.73 Å². The van der Waals surface area contributed by atoms with Crippen molar-refractivity contribution >= 4 is 40.4 Å². The number of methoxy groups -OCH3 is 2. The first-order valence-corrected chi connectivity index (χ1v) is 13.3. The van der Waals surface area contributed by atoms with Gasteiger partial charge >= 0.3 is 69.0 Å². The molecule has 0 spiro atoms. The standard InChI is InChI=1S/C14H12N2O4.C8H9NO2.C6H4FNO2.C4H9O.K/c1-20-14(17)10-6-8-11(9-7-10)15-12-4-2-3-5-13(12)16(18)19;1-11-8(10)6-2-4-7(9)5-3-6;7-5-3-1-2-4-6(5)8(9)10;1-4(2,3)5;/h2-9,15H,1H3;2-5H,9H2,1H3;1-4H;1-3H3;/q;;;-1;+1. The van der Waals surface area contributed by atoms with E-state index in [1.165, 1.54) is 32.4 Å².